The predicted molar refractivity (Wildman–Crippen MR) is 125 cm³/mol. The van der Waals surface area contributed by atoms with Gasteiger partial charge in [-0.15, -0.1) is 0 Å². The molecule has 0 radical (unpaired) electrons. The summed E-state index contributed by atoms with van der Waals surface area (Å²) in [6.45, 7) is 7.63. The SMILES string of the molecule is CC[C@H]1OC(=O)[C@H](C)[C@@H](OCc2ccccc2)CC(=O)[C@](C)(O)C[C@@H](C)[C@@H](O)CC(=O)[C@]1(C)O. The van der Waals surface area contributed by atoms with Gasteiger partial charge in [0, 0.05) is 12.8 Å². The maximum absolute atomic E-state index is 13.0. The third-order valence-corrected chi connectivity index (χ3v) is 6.82. The Morgan fingerprint density at radius 1 is 1.03 bits per heavy atom. The molecule has 0 unspecified atom stereocenters. The predicted octanol–water partition coefficient (Wildman–Crippen LogP) is 2.35. The van der Waals surface area contributed by atoms with Crippen molar-refractivity contribution in [2.45, 2.75) is 96.4 Å². The van der Waals surface area contributed by atoms with Crippen LogP contribution < -0.4 is 0 Å². The fraction of sp³-hybridized carbons (Fsp3) is 0.654. The molecular weight excluding hydrogens is 440 g/mol. The van der Waals surface area contributed by atoms with E-state index in [0.717, 1.165) is 5.56 Å². The summed E-state index contributed by atoms with van der Waals surface area (Å²) in [6.07, 6.45) is -3.80. The van der Waals surface area contributed by atoms with Crippen LogP contribution in [0.25, 0.3) is 0 Å². The number of aliphatic hydroxyl groups is 3. The van der Waals surface area contributed by atoms with Gasteiger partial charge in [-0.2, -0.15) is 0 Å². The van der Waals surface area contributed by atoms with Crippen molar-refractivity contribution in [3.63, 3.8) is 0 Å². The van der Waals surface area contributed by atoms with Crippen LogP contribution in [0.2, 0.25) is 0 Å². The molecule has 1 aliphatic heterocycles. The minimum Gasteiger partial charge on any atom is -0.459 e. The largest absolute Gasteiger partial charge is 0.459 e. The molecule has 0 amide bonds. The highest BCUT2D eigenvalue weighted by Gasteiger charge is 2.45. The Morgan fingerprint density at radius 2 is 1.65 bits per heavy atom. The number of ketones is 2. The number of aliphatic hydroxyl groups excluding tert-OH is 1. The quantitative estimate of drug-likeness (QED) is 0.562. The summed E-state index contributed by atoms with van der Waals surface area (Å²) in [5.41, 5.74) is -2.97. The summed E-state index contributed by atoms with van der Waals surface area (Å²) in [6, 6.07) is 9.25. The zero-order valence-corrected chi connectivity index (χ0v) is 20.7. The van der Waals surface area contributed by atoms with E-state index in [2.05, 4.69) is 0 Å². The average Bonchev–Trinajstić information content (AvgIpc) is 2.78. The number of carbonyl (C=O) groups excluding carboxylic acids is 3. The molecule has 1 heterocycles. The van der Waals surface area contributed by atoms with E-state index in [-0.39, 0.29) is 25.9 Å². The second kappa shape index (κ2) is 11.5. The van der Waals surface area contributed by atoms with Gasteiger partial charge < -0.3 is 24.8 Å². The number of hydrogen-bond donors (Lipinski definition) is 3. The maximum Gasteiger partial charge on any atom is 0.311 e. The third-order valence-electron chi connectivity index (χ3n) is 6.82. The van der Waals surface area contributed by atoms with Crippen LogP contribution in [-0.4, -0.2) is 62.4 Å². The first-order valence-electron chi connectivity index (χ1n) is 11.8. The lowest BCUT2D eigenvalue weighted by molar-refractivity contribution is -0.178. The van der Waals surface area contributed by atoms with Crippen LogP contribution in [0.1, 0.15) is 65.9 Å². The van der Waals surface area contributed by atoms with Crippen LogP contribution in [0.3, 0.4) is 0 Å². The Labute approximate surface area is 201 Å². The Bertz CT molecular complexity index is 848. The first-order valence-corrected chi connectivity index (χ1v) is 11.8. The molecule has 1 saturated heterocycles. The molecule has 190 valence electrons. The minimum absolute atomic E-state index is 0.0934. The molecule has 0 bridgehead atoms. The summed E-state index contributed by atoms with van der Waals surface area (Å²) >= 11 is 0. The van der Waals surface area contributed by atoms with E-state index in [1.54, 1.807) is 20.8 Å². The van der Waals surface area contributed by atoms with Crippen molar-refractivity contribution in [2.75, 3.05) is 0 Å². The van der Waals surface area contributed by atoms with Crippen molar-refractivity contribution in [3.05, 3.63) is 35.9 Å². The molecule has 0 aromatic heterocycles. The Hall–Kier alpha value is -2.13. The highest BCUT2D eigenvalue weighted by Crippen LogP contribution is 2.30. The van der Waals surface area contributed by atoms with Crippen molar-refractivity contribution in [2.24, 2.45) is 11.8 Å². The topological polar surface area (TPSA) is 130 Å². The smallest absolute Gasteiger partial charge is 0.311 e. The first kappa shape index (κ1) is 28.1. The van der Waals surface area contributed by atoms with Crippen molar-refractivity contribution < 1.29 is 39.2 Å². The van der Waals surface area contributed by atoms with E-state index in [0.29, 0.717) is 0 Å². The van der Waals surface area contributed by atoms with Gasteiger partial charge in [0.05, 0.1) is 24.7 Å². The average molecular weight is 479 g/mol. The number of rotatable bonds is 4. The number of esters is 1. The number of Topliss-reactive ketones (excluding diaryl/α,β-unsaturated/α-hetero) is 2. The molecule has 1 fully saturated rings. The van der Waals surface area contributed by atoms with E-state index in [9.17, 15) is 29.7 Å². The highest BCUT2D eigenvalue weighted by molar-refractivity contribution is 5.89. The molecule has 7 atom stereocenters. The van der Waals surface area contributed by atoms with Crippen molar-refractivity contribution in [1.29, 1.82) is 0 Å². The summed E-state index contributed by atoms with van der Waals surface area (Å²) in [5, 5.41) is 32.3. The summed E-state index contributed by atoms with van der Waals surface area (Å²) < 4.78 is 11.5. The van der Waals surface area contributed by atoms with Crippen LogP contribution >= 0.6 is 0 Å². The van der Waals surface area contributed by atoms with Gasteiger partial charge in [0.2, 0.25) is 0 Å². The van der Waals surface area contributed by atoms with Gasteiger partial charge >= 0.3 is 5.97 Å². The fourth-order valence-corrected chi connectivity index (χ4v) is 4.21. The second-order valence-electron chi connectivity index (χ2n) is 9.88. The van der Waals surface area contributed by atoms with Gasteiger partial charge in [0.25, 0.3) is 0 Å². The molecule has 0 spiro atoms. The van der Waals surface area contributed by atoms with E-state index in [1.165, 1.54) is 13.8 Å². The van der Waals surface area contributed by atoms with E-state index < -0.39 is 65.3 Å². The minimum atomic E-state index is -2.01. The number of hydrogen-bond acceptors (Lipinski definition) is 8. The third kappa shape index (κ3) is 6.95. The van der Waals surface area contributed by atoms with Crippen LogP contribution in [0.15, 0.2) is 30.3 Å². The molecule has 1 aliphatic rings. The molecule has 1 aromatic rings. The van der Waals surface area contributed by atoms with Gasteiger partial charge in [0.15, 0.2) is 17.2 Å². The van der Waals surface area contributed by atoms with Gasteiger partial charge in [-0.25, -0.2) is 0 Å². The zero-order valence-electron chi connectivity index (χ0n) is 20.7. The van der Waals surface area contributed by atoms with Gasteiger partial charge in [0.1, 0.15) is 11.7 Å². The lowest BCUT2D eigenvalue weighted by atomic mass is 9.80. The number of carbonyl (C=O) groups is 3. The highest BCUT2D eigenvalue weighted by atomic mass is 16.6. The standard InChI is InChI=1S/C26H38O8/c1-6-23-26(5,32)22(29)12-19(27)16(2)14-25(4,31)21(28)13-20(17(3)24(30)34-23)33-15-18-10-8-7-9-11-18/h7-11,16-17,19-20,23,27,31-32H,6,12-15H2,1-5H3/t16-,17-,19+,20+,23-,25-,26+/m1/s1. The van der Waals surface area contributed by atoms with Gasteiger partial charge in [-0.05, 0) is 45.1 Å². The monoisotopic (exact) mass is 478 g/mol. The number of ether oxygens (including phenoxy) is 2. The molecule has 8 nitrogen and oxygen atoms in total. The van der Waals surface area contributed by atoms with E-state index in [1.807, 2.05) is 30.3 Å². The lowest BCUT2D eigenvalue weighted by Crippen LogP contribution is -2.51. The molecule has 2 rings (SSSR count). The molecule has 0 aliphatic carbocycles. The van der Waals surface area contributed by atoms with E-state index >= 15 is 0 Å². The van der Waals surface area contributed by atoms with Crippen molar-refractivity contribution in [1.82, 2.24) is 0 Å². The van der Waals surface area contributed by atoms with Gasteiger partial charge in [-0.3, -0.25) is 14.4 Å². The van der Waals surface area contributed by atoms with Crippen molar-refractivity contribution >= 4 is 17.5 Å². The Morgan fingerprint density at radius 3 is 2.24 bits per heavy atom. The molecule has 8 heteroatoms. The Kier molecular flexibility index (Phi) is 9.53. The molecule has 1 aromatic carbocycles. The maximum atomic E-state index is 13.0. The molecule has 0 saturated carbocycles. The second-order valence-corrected chi connectivity index (χ2v) is 9.88. The van der Waals surface area contributed by atoms with Crippen molar-refractivity contribution in [3.8, 4) is 0 Å². The summed E-state index contributed by atoms with van der Waals surface area (Å²) in [4.78, 5) is 38.9. The summed E-state index contributed by atoms with van der Waals surface area (Å²) in [5.74, 6) is -3.46. The molecule has 3 N–H and O–H groups in total. The Balaban J connectivity index is 2.39. The van der Waals surface area contributed by atoms with Crippen LogP contribution in [0.5, 0.6) is 0 Å². The fourth-order valence-electron chi connectivity index (χ4n) is 4.21. The molecular formula is C26H38O8. The molecule has 34 heavy (non-hydrogen) atoms. The van der Waals surface area contributed by atoms with E-state index in [4.69, 9.17) is 9.47 Å². The van der Waals surface area contributed by atoms with Crippen LogP contribution in [0, 0.1) is 11.8 Å². The lowest BCUT2D eigenvalue weighted by Gasteiger charge is -2.35. The van der Waals surface area contributed by atoms with Crippen LogP contribution in [0.4, 0.5) is 0 Å². The first-order chi connectivity index (χ1) is 15.8. The number of benzene rings is 1. The normalized spacial score (nSPS) is 36.6. The van der Waals surface area contributed by atoms with Gasteiger partial charge in [-0.1, -0.05) is 44.2 Å². The number of cyclic esters (lactones) is 1. The zero-order chi connectivity index (χ0) is 25.7. The van der Waals surface area contributed by atoms with Crippen LogP contribution in [-0.2, 0) is 30.5 Å². The summed E-state index contributed by atoms with van der Waals surface area (Å²) in [7, 11) is 0.